The van der Waals surface area contributed by atoms with E-state index in [1.54, 1.807) is 13.1 Å². The van der Waals surface area contributed by atoms with Gasteiger partial charge in [-0.3, -0.25) is 0 Å². The fraction of sp³-hybridized carbons (Fsp3) is 1.00. The van der Waals surface area contributed by atoms with Crippen molar-refractivity contribution >= 4 is 8.56 Å². The molecule has 0 atom stereocenters. The number of ether oxygens (including phenoxy) is 1. The molecule has 0 aliphatic rings. The highest BCUT2D eigenvalue weighted by Crippen LogP contribution is 2.01. The summed E-state index contributed by atoms with van der Waals surface area (Å²) in [5.74, 6) is 0. The average Bonchev–Trinajstić information content (AvgIpc) is 2.34. The molecule has 6 heteroatoms. The molecule has 0 saturated carbocycles. The predicted molar refractivity (Wildman–Crippen MR) is 79.3 cm³/mol. The van der Waals surface area contributed by atoms with Gasteiger partial charge in [-0.05, 0) is 51.9 Å². The minimum absolute atomic E-state index is 0.210. The molecular formula is C13H31NO4Si. The van der Waals surface area contributed by atoms with Crippen LogP contribution in [0.3, 0.4) is 0 Å². The number of unbranched alkanes of at least 4 members (excludes halogenated alkanes) is 4. The van der Waals surface area contributed by atoms with Gasteiger partial charge in [-0.15, -0.1) is 0 Å². The average molecular weight is 293 g/mol. The molecule has 19 heavy (non-hydrogen) atoms. The number of nitrogens with one attached hydrogen (secondary N) is 1. The maximum atomic E-state index is 9.41. The van der Waals surface area contributed by atoms with Crippen LogP contribution in [-0.4, -0.2) is 51.6 Å². The summed E-state index contributed by atoms with van der Waals surface area (Å²) in [6.07, 6.45) is 6.54. The van der Waals surface area contributed by atoms with Gasteiger partial charge in [-0.1, -0.05) is 12.8 Å². The van der Waals surface area contributed by atoms with Gasteiger partial charge in [0.2, 0.25) is 0 Å². The van der Waals surface area contributed by atoms with Crippen LogP contribution in [0.4, 0.5) is 0 Å². The molecule has 0 fully saturated rings. The number of aliphatic hydroxyl groups excluding tert-OH is 1. The Morgan fingerprint density at radius 1 is 0.947 bits per heavy atom. The minimum Gasteiger partial charge on any atom is -0.411 e. The van der Waals surface area contributed by atoms with Crippen molar-refractivity contribution in [2.75, 3.05) is 33.1 Å². The van der Waals surface area contributed by atoms with E-state index >= 15 is 0 Å². The molecule has 0 amide bonds. The zero-order valence-electron chi connectivity index (χ0n) is 12.5. The van der Waals surface area contributed by atoms with Crippen LogP contribution in [0.15, 0.2) is 0 Å². The summed E-state index contributed by atoms with van der Waals surface area (Å²) in [6, 6.07) is 0. The van der Waals surface area contributed by atoms with E-state index in [4.69, 9.17) is 14.3 Å². The van der Waals surface area contributed by atoms with Gasteiger partial charge in [0.05, 0.1) is 0 Å². The van der Waals surface area contributed by atoms with E-state index < -0.39 is 8.56 Å². The third kappa shape index (κ3) is 18.0. The minimum atomic E-state index is -2.41. The molecule has 0 aliphatic carbocycles. The zero-order valence-corrected chi connectivity index (χ0v) is 13.5. The Hall–Kier alpha value is 0.0169. The third-order valence-electron chi connectivity index (χ3n) is 2.65. The molecule has 0 radical (unpaired) electrons. The zero-order chi connectivity index (χ0) is 14.4. The second-order valence-electron chi connectivity index (χ2n) is 5.21. The summed E-state index contributed by atoms with van der Waals surface area (Å²) in [5, 5.41) is 12.0. The van der Waals surface area contributed by atoms with E-state index in [0.717, 1.165) is 38.8 Å². The predicted octanol–water partition coefficient (Wildman–Crippen LogP) is 1.59. The number of rotatable bonds is 14. The van der Waals surface area contributed by atoms with Crippen molar-refractivity contribution in [2.45, 2.75) is 51.6 Å². The highest BCUT2D eigenvalue weighted by atomic mass is 28.4. The topological polar surface area (TPSA) is 71.0 Å². The summed E-state index contributed by atoms with van der Waals surface area (Å²) >= 11 is 0. The van der Waals surface area contributed by atoms with E-state index in [2.05, 4.69) is 5.32 Å². The summed E-state index contributed by atoms with van der Waals surface area (Å²) < 4.78 is 10.5. The van der Waals surface area contributed by atoms with Crippen LogP contribution in [0.2, 0.25) is 13.1 Å². The monoisotopic (exact) mass is 293 g/mol. The SMILES string of the molecule is C[Si](C)(O)OCOCCCCCCNCCCCO. The smallest absolute Gasteiger partial charge is 0.330 e. The molecule has 0 saturated heterocycles. The first-order chi connectivity index (χ1) is 9.06. The van der Waals surface area contributed by atoms with Crippen molar-refractivity contribution in [1.82, 2.24) is 5.32 Å². The lowest BCUT2D eigenvalue weighted by atomic mass is 10.2. The molecular weight excluding hydrogens is 262 g/mol. The molecule has 0 aromatic rings. The number of aliphatic hydroxyl groups is 1. The first-order valence-corrected chi connectivity index (χ1v) is 10.2. The van der Waals surface area contributed by atoms with Crippen LogP contribution in [0.1, 0.15) is 38.5 Å². The molecule has 0 spiro atoms. The Morgan fingerprint density at radius 2 is 1.58 bits per heavy atom. The van der Waals surface area contributed by atoms with Gasteiger partial charge in [-0.2, -0.15) is 0 Å². The molecule has 0 rings (SSSR count). The van der Waals surface area contributed by atoms with Crippen LogP contribution in [0, 0.1) is 0 Å². The van der Waals surface area contributed by atoms with Crippen LogP contribution in [0.5, 0.6) is 0 Å². The molecule has 0 aromatic carbocycles. The second-order valence-corrected chi connectivity index (χ2v) is 8.39. The lowest BCUT2D eigenvalue weighted by Crippen LogP contribution is -2.31. The molecule has 116 valence electrons. The highest BCUT2D eigenvalue weighted by Gasteiger charge is 2.17. The van der Waals surface area contributed by atoms with Gasteiger partial charge in [0.25, 0.3) is 0 Å². The standard InChI is InChI=1S/C13H31NO4Si/c1-19(2,16)18-13-17-12-8-4-3-5-9-14-10-6-7-11-15/h14-16H,3-13H2,1-2H3. The maximum absolute atomic E-state index is 9.41. The molecule has 0 heterocycles. The first-order valence-electron chi connectivity index (χ1n) is 7.32. The Labute approximate surface area is 118 Å². The second kappa shape index (κ2) is 13.0. The summed E-state index contributed by atoms with van der Waals surface area (Å²) in [7, 11) is -2.41. The van der Waals surface area contributed by atoms with E-state index in [1.807, 2.05) is 0 Å². The van der Waals surface area contributed by atoms with Gasteiger partial charge in [0.1, 0.15) is 6.79 Å². The van der Waals surface area contributed by atoms with Gasteiger partial charge in [-0.25, -0.2) is 0 Å². The van der Waals surface area contributed by atoms with Gasteiger partial charge < -0.3 is 24.4 Å². The van der Waals surface area contributed by atoms with E-state index in [-0.39, 0.29) is 6.79 Å². The van der Waals surface area contributed by atoms with Gasteiger partial charge in [0, 0.05) is 13.2 Å². The van der Waals surface area contributed by atoms with E-state index in [1.165, 1.54) is 12.8 Å². The third-order valence-corrected chi connectivity index (χ3v) is 3.47. The normalized spacial score (nSPS) is 12.0. The first kappa shape index (κ1) is 19.0. The van der Waals surface area contributed by atoms with Crippen LogP contribution in [-0.2, 0) is 9.16 Å². The fourth-order valence-electron chi connectivity index (χ4n) is 1.54. The number of hydrogen-bond acceptors (Lipinski definition) is 5. The lowest BCUT2D eigenvalue weighted by Gasteiger charge is -2.14. The fourth-order valence-corrected chi connectivity index (χ4v) is 1.91. The number of hydrogen-bond donors (Lipinski definition) is 3. The Kier molecular flexibility index (Phi) is 13.0. The molecule has 5 nitrogen and oxygen atoms in total. The van der Waals surface area contributed by atoms with Crippen LogP contribution >= 0.6 is 0 Å². The van der Waals surface area contributed by atoms with Crippen molar-refractivity contribution in [3.05, 3.63) is 0 Å². The van der Waals surface area contributed by atoms with Crippen molar-refractivity contribution in [3.63, 3.8) is 0 Å². The molecule has 0 bridgehead atoms. The Balaban J connectivity index is 2.99. The van der Waals surface area contributed by atoms with Crippen molar-refractivity contribution in [3.8, 4) is 0 Å². The molecule has 0 aliphatic heterocycles. The van der Waals surface area contributed by atoms with Crippen molar-refractivity contribution < 1.29 is 19.1 Å². The lowest BCUT2D eigenvalue weighted by molar-refractivity contribution is -0.00293. The quantitative estimate of drug-likeness (QED) is 0.258. The van der Waals surface area contributed by atoms with Crippen molar-refractivity contribution in [1.29, 1.82) is 0 Å². The summed E-state index contributed by atoms with van der Waals surface area (Å²) in [4.78, 5) is 9.41. The van der Waals surface area contributed by atoms with Gasteiger partial charge in [0.15, 0.2) is 0 Å². The highest BCUT2D eigenvalue weighted by molar-refractivity contribution is 6.63. The Morgan fingerprint density at radius 3 is 2.21 bits per heavy atom. The van der Waals surface area contributed by atoms with E-state index in [0.29, 0.717) is 13.2 Å². The van der Waals surface area contributed by atoms with Crippen LogP contribution in [0.25, 0.3) is 0 Å². The Bertz CT molecular complexity index is 188. The maximum Gasteiger partial charge on any atom is 0.330 e. The molecule has 3 N–H and O–H groups in total. The summed E-state index contributed by atoms with van der Waals surface area (Å²) in [6.45, 7) is 6.72. The molecule has 0 aromatic heterocycles. The largest absolute Gasteiger partial charge is 0.411 e. The summed E-state index contributed by atoms with van der Waals surface area (Å²) in [5.41, 5.74) is 0. The molecule has 0 unspecified atom stereocenters. The van der Waals surface area contributed by atoms with E-state index in [9.17, 15) is 4.80 Å². The van der Waals surface area contributed by atoms with Gasteiger partial charge >= 0.3 is 8.56 Å². The van der Waals surface area contributed by atoms with Crippen LogP contribution < -0.4 is 5.32 Å². The van der Waals surface area contributed by atoms with Crippen molar-refractivity contribution in [2.24, 2.45) is 0 Å².